The normalized spacial score (nSPS) is 20.3. The average molecular weight is 244 g/mol. The summed E-state index contributed by atoms with van der Waals surface area (Å²) in [7, 11) is 0. The predicted octanol–water partition coefficient (Wildman–Crippen LogP) is 2.52. The molecule has 94 valence electrons. The molecule has 1 aromatic carbocycles. The van der Waals surface area contributed by atoms with Gasteiger partial charge in [0.05, 0.1) is 5.69 Å². The number of hydrogen-bond donors (Lipinski definition) is 2. The molecule has 0 bridgehead atoms. The van der Waals surface area contributed by atoms with E-state index in [-0.39, 0.29) is 5.69 Å². The van der Waals surface area contributed by atoms with Crippen molar-refractivity contribution in [1.82, 2.24) is 5.32 Å². The SMILES string of the molecule is Fc1cc(F)c(F)c(NCC2CCCNC2)c1. The zero-order valence-electron chi connectivity index (χ0n) is 9.40. The van der Waals surface area contributed by atoms with Crippen LogP contribution in [-0.2, 0) is 0 Å². The van der Waals surface area contributed by atoms with Gasteiger partial charge in [0, 0.05) is 18.7 Å². The molecule has 0 spiro atoms. The van der Waals surface area contributed by atoms with Gasteiger partial charge in [0.1, 0.15) is 5.82 Å². The number of hydrogen-bond acceptors (Lipinski definition) is 2. The predicted molar refractivity (Wildman–Crippen MR) is 60.4 cm³/mol. The Morgan fingerprint density at radius 1 is 1.29 bits per heavy atom. The van der Waals surface area contributed by atoms with Gasteiger partial charge in [-0.3, -0.25) is 0 Å². The first-order chi connectivity index (χ1) is 8.16. The molecule has 17 heavy (non-hydrogen) atoms. The van der Waals surface area contributed by atoms with Gasteiger partial charge in [0.25, 0.3) is 0 Å². The lowest BCUT2D eigenvalue weighted by Gasteiger charge is -2.23. The summed E-state index contributed by atoms with van der Waals surface area (Å²) in [6, 6.07) is 1.53. The van der Waals surface area contributed by atoms with Crippen LogP contribution in [-0.4, -0.2) is 19.6 Å². The van der Waals surface area contributed by atoms with Crippen LogP contribution in [0.4, 0.5) is 18.9 Å². The van der Waals surface area contributed by atoms with Gasteiger partial charge in [0.2, 0.25) is 0 Å². The molecule has 0 aromatic heterocycles. The Balaban J connectivity index is 1.98. The van der Waals surface area contributed by atoms with Gasteiger partial charge in [-0.2, -0.15) is 0 Å². The number of rotatable bonds is 3. The summed E-state index contributed by atoms with van der Waals surface area (Å²) in [4.78, 5) is 0. The maximum absolute atomic E-state index is 13.3. The maximum atomic E-state index is 13.3. The second-order valence-electron chi connectivity index (χ2n) is 4.34. The monoisotopic (exact) mass is 244 g/mol. The van der Waals surface area contributed by atoms with E-state index in [0.717, 1.165) is 32.0 Å². The van der Waals surface area contributed by atoms with Crippen LogP contribution in [0.2, 0.25) is 0 Å². The molecule has 1 fully saturated rings. The molecule has 0 radical (unpaired) electrons. The third-order valence-electron chi connectivity index (χ3n) is 2.97. The van der Waals surface area contributed by atoms with Crippen molar-refractivity contribution < 1.29 is 13.2 Å². The summed E-state index contributed by atoms with van der Waals surface area (Å²) < 4.78 is 39.2. The number of anilines is 1. The van der Waals surface area contributed by atoms with Crippen LogP contribution in [0, 0.1) is 23.4 Å². The van der Waals surface area contributed by atoms with Gasteiger partial charge in [0.15, 0.2) is 11.6 Å². The molecule has 5 heteroatoms. The summed E-state index contributed by atoms with van der Waals surface area (Å²) in [6.07, 6.45) is 2.12. The molecule has 2 nitrogen and oxygen atoms in total. The van der Waals surface area contributed by atoms with Crippen LogP contribution in [0.5, 0.6) is 0 Å². The third-order valence-corrected chi connectivity index (χ3v) is 2.97. The van der Waals surface area contributed by atoms with Crippen LogP contribution in [0.3, 0.4) is 0 Å². The number of benzene rings is 1. The van der Waals surface area contributed by atoms with E-state index in [9.17, 15) is 13.2 Å². The van der Waals surface area contributed by atoms with E-state index in [4.69, 9.17) is 0 Å². The van der Waals surface area contributed by atoms with Crippen LogP contribution in [0.1, 0.15) is 12.8 Å². The molecule has 0 aliphatic carbocycles. The van der Waals surface area contributed by atoms with E-state index in [0.29, 0.717) is 18.5 Å². The molecule has 2 N–H and O–H groups in total. The minimum absolute atomic E-state index is 0.104. The van der Waals surface area contributed by atoms with Crippen molar-refractivity contribution in [2.24, 2.45) is 5.92 Å². The van der Waals surface area contributed by atoms with Gasteiger partial charge in [-0.1, -0.05) is 0 Å². The van der Waals surface area contributed by atoms with E-state index in [1.807, 2.05) is 0 Å². The number of piperidine rings is 1. The second-order valence-corrected chi connectivity index (χ2v) is 4.34. The molecule has 1 heterocycles. The molecule has 1 atom stereocenters. The van der Waals surface area contributed by atoms with Crippen LogP contribution in [0.25, 0.3) is 0 Å². The largest absolute Gasteiger partial charge is 0.382 e. The van der Waals surface area contributed by atoms with E-state index >= 15 is 0 Å². The Morgan fingerprint density at radius 2 is 2.12 bits per heavy atom. The van der Waals surface area contributed by atoms with Gasteiger partial charge in [-0.05, 0) is 31.8 Å². The standard InChI is InChI=1S/C12H15F3N2/c13-9-4-10(14)12(15)11(5-9)17-7-8-2-1-3-16-6-8/h4-5,8,16-17H,1-3,6-7H2. The second kappa shape index (κ2) is 5.40. The fourth-order valence-electron chi connectivity index (χ4n) is 2.04. The first kappa shape index (κ1) is 12.2. The zero-order chi connectivity index (χ0) is 12.3. The Hall–Kier alpha value is -1.23. The molecular weight excluding hydrogens is 229 g/mol. The lowest BCUT2D eigenvalue weighted by Crippen LogP contribution is -2.33. The minimum atomic E-state index is -1.16. The van der Waals surface area contributed by atoms with Crippen LogP contribution in [0.15, 0.2) is 12.1 Å². The quantitative estimate of drug-likeness (QED) is 0.798. The Bertz CT molecular complexity index is 390. The molecule has 1 aliphatic rings. The van der Waals surface area contributed by atoms with E-state index in [2.05, 4.69) is 10.6 Å². The lowest BCUT2D eigenvalue weighted by molar-refractivity contribution is 0.392. The summed E-state index contributed by atoms with van der Waals surface area (Å²) in [5.74, 6) is -2.58. The Labute approximate surface area is 98.2 Å². The third kappa shape index (κ3) is 3.12. The summed E-state index contributed by atoms with van der Waals surface area (Å²) in [6.45, 7) is 2.37. The molecule has 1 aromatic rings. The molecule has 1 aliphatic heterocycles. The average Bonchev–Trinajstić information content (AvgIpc) is 2.33. The number of nitrogens with one attached hydrogen (secondary N) is 2. The summed E-state index contributed by atoms with van der Waals surface area (Å²) in [5, 5.41) is 6.00. The minimum Gasteiger partial charge on any atom is -0.382 e. The van der Waals surface area contributed by atoms with Crippen LogP contribution < -0.4 is 10.6 Å². The van der Waals surface area contributed by atoms with E-state index in [1.54, 1.807) is 0 Å². The van der Waals surface area contributed by atoms with Crippen molar-refractivity contribution in [3.8, 4) is 0 Å². The van der Waals surface area contributed by atoms with Crippen molar-refractivity contribution in [2.75, 3.05) is 25.0 Å². The van der Waals surface area contributed by atoms with Gasteiger partial charge >= 0.3 is 0 Å². The van der Waals surface area contributed by atoms with Gasteiger partial charge in [-0.15, -0.1) is 0 Å². The summed E-state index contributed by atoms with van der Waals surface area (Å²) in [5.41, 5.74) is -0.104. The highest BCUT2D eigenvalue weighted by atomic mass is 19.2. The fraction of sp³-hybridized carbons (Fsp3) is 0.500. The first-order valence-electron chi connectivity index (χ1n) is 5.76. The smallest absolute Gasteiger partial charge is 0.182 e. The van der Waals surface area contributed by atoms with Crippen molar-refractivity contribution in [3.63, 3.8) is 0 Å². The van der Waals surface area contributed by atoms with E-state index < -0.39 is 17.5 Å². The van der Waals surface area contributed by atoms with Gasteiger partial charge in [-0.25, -0.2) is 13.2 Å². The molecule has 2 rings (SSSR count). The molecular formula is C12H15F3N2. The van der Waals surface area contributed by atoms with Crippen LogP contribution >= 0.6 is 0 Å². The van der Waals surface area contributed by atoms with Gasteiger partial charge < -0.3 is 10.6 Å². The highest BCUT2D eigenvalue weighted by molar-refractivity contribution is 5.45. The van der Waals surface area contributed by atoms with E-state index in [1.165, 1.54) is 0 Å². The molecule has 0 amide bonds. The zero-order valence-corrected chi connectivity index (χ0v) is 9.40. The molecule has 0 saturated carbocycles. The highest BCUT2D eigenvalue weighted by Crippen LogP contribution is 2.20. The number of halogens is 3. The lowest BCUT2D eigenvalue weighted by atomic mass is 10.00. The Kier molecular flexibility index (Phi) is 3.89. The highest BCUT2D eigenvalue weighted by Gasteiger charge is 2.15. The van der Waals surface area contributed by atoms with Crippen molar-refractivity contribution in [3.05, 3.63) is 29.6 Å². The summed E-state index contributed by atoms with van der Waals surface area (Å²) >= 11 is 0. The van der Waals surface area contributed by atoms with Crippen molar-refractivity contribution >= 4 is 5.69 Å². The fourth-order valence-corrected chi connectivity index (χ4v) is 2.04. The first-order valence-corrected chi connectivity index (χ1v) is 5.76. The van der Waals surface area contributed by atoms with Crippen molar-refractivity contribution in [1.29, 1.82) is 0 Å². The molecule has 1 unspecified atom stereocenters. The Morgan fingerprint density at radius 3 is 2.82 bits per heavy atom. The maximum Gasteiger partial charge on any atom is 0.182 e. The topological polar surface area (TPSA) is 24.1 Å². The van der Waals surface area contributed by atoms with Crippen molar-refractivity contribution in [2.45, 2.75) is 12.8 Å². The molecule has 1 saturated heterocycles.